The van der Waals surface area contributed by atoms with E-state index in [-0.39, 0.29) is 5.82 Å². The Kier molecular flexibility index (Phi) is 2.65. The Balaban J connectivity index is 2.79. The lowest BCUT2D eigenvalue weighted by Gasteiger charge is -2.07. The summed E-state index contributed by atoms with van der Waals surface area (Å²) in [5.74, 6) is 0.443. The molecule has 0 aliphatic rings. The molecule has 1 aromatic heterocycles. The van der Waals surface area contributed by atoms with Crippen LogP contribution in [0.15, 0.2) is 22.4 Å². The number of hydrogen-bond acceptors (Lipinski definition) is 3. The highest BCUT2D eigenvalue weighted by Gasteiger charge is 2.13. The van der Waals surface area contributed by atoms with Crippen molar-refractivity contribution < 1.29 is 9.13 Å². The Hall–Kier alpha value is -0.740. The number of fused-ring (bicyclic) bond motifs is 1. The van der Waals surface area contributed by atoms with Crippen LogP contribution in [0.4, 0.5) is 4.39 Å². The smallest absolute Gasteiger partial charge is 0.149 e. The highest BCUT2D eigenvalue weighted by atomic mass is 32.2. The van der Waals surface area contributed by atoms with Crippen LogP contribution in [0.5, 0.6) is 5.75 Å². The third kappa shape index (κ3) is 1.38. The average Bonchev–Trinajstić information content (AvgIpc) is 2.65. The van der Waals surface area contributed by atoms with Crippen molar-refractivity contribution in [2.75, 3.05) is 13.4 Å². The van der Waals surface area contributed by atoms with Crippen molar-refractivity contribution in [1.82, 2.24) is 0 Å². The average molecular weight is 228 g/mol. The lowest BCUT2D eigenvalue weighted by atomic mass is 10.2. The largest absolute Gasteiger partial charge is 0.495 e. The number of ether oxygens (including phenoxy) is 1. The monoisotopic (exact) mass is 228 g/mol. The molecule has 4 heteroatoms. The van der Waals surface area contributed by atoms with E-state index in [2.05, 4.69) is 0 Å². The first-order valence-electron chi connectivity index (χ1n) is 4.05. The third-order valence-corrected chi connectivity index (χ3v) is 3.69. The van der Waals surface area contributed by atoms with Gasteiger partial charge in [0.25, 0.3) is 0 Å². The number of methoxy groups -OCH3 is 1. The fourth-order valence-electron chi connectivity index (χ4n) is 1.37. The molecule has 1 heterocycles. The maximum absolute atomic E-state index is 13.9. The number of thioether (sulfide) groups is 1. The molecule has 0 fully saturated rings. The van der Waals surface area contributed by atoms with Gasteiger partial charge in [-0.1, -0.05) is 0 Å². The van der Waals surface area contributed by atoms with Crippen LogP contribution < -0.4 is 4.74 Å². The fraction of sp³-hybridized carbons (Fsp3) is 0.200. The van der Waals surface area contributed by atoms with Gasteiger partial charge in [0.05, 0.1) is 12.0 Å². The Morgan fingerprint density at radius 3 is 2.93 bits per heavy atom. The summed E-state index contributed by atoms with van der Waals surface area (Å²) in [7, 11) is 1.56. The highest BCUT2D eigenvalue weighted by molar-refractivity contribution is 7.98. The SMILES string of the molecule is COc1cc2sccc2c(F)c1SC. The molecule has 0 saturated heterocycles. The van der Waals surface area contributed by atoms with Gasteiger partial charge in [-0.25, -0.2) is 4.39 Å². The summed E-state index contributed by atoms with van der Waals surface area (Å²) in [5, 5.41) is 2.57. The molecule has 0 atom stereocenters. The van der Waals surface area contributed by atoms with Gasteiger partial charge in [-0.3, -0.25) is 0 Å². The second-order valence-corrected chi connectivity index (χ2v) is 4.52. The summed E-state index contributed by atoms with van der Waals surface area (Å²) in [4.78, 5) is 0.582. The van der Waals surface area contributed by atoms with Crippen LogP contribution in [0.25, 0.3) is 10.1 Å². The van der Waals surface area contributed by atoms with Gasteiger partial charge >= 0.3 is 0 Å². The lowest BCUT2D eigenvalue weighted by Crippen LogP contribution is -1.89. The zero-order valence-corrected chi connectivity index (χ0v) is 9.47. The van der Waals surface area contributed by atoms with Gasteiger partial charge in [0.2, 0.25) is 0 Å². The molecule has 74 valence electrons. The molecule has 0 unspecified atom stereocenters. The molecule has 1 aromatic carbocycles. The van der Waals surface area contributed by atoms with Gasteiger partial charge in [-0.05, 0) is 23.8 Å². The Morgan fingerprint density at radius 2 is 2.29 bits per heavy atom. The van der Waals surface area contributed by atoms with Crippen molar-refractivity contribution in [2.45, 2.75) is 4.90 Å². The Labute approximate surface area is 89.9 Å². The van der Waals surface area contributed by atoms with Crippen LogP contribution in [0.3, 0.4) is 0 Å². The summed E-state index contributed by atoms with van der Waals surface area (Å²) < 4.78 is 19.9. The first-order chi connectivity index (χ1) is 6.77. The predicted molar refractivity (Wildman–Crippen MR) is 60.1 cm³/mol. The maximum atomic E-state index is 13.9. The van der Waals surface area contributed by atoms with E-state index in [1.165, 1.54) is 23.1 Å². The molecule has 0 saturated carbocycles. The van der Waals surface area contributed by atoms with Crippen molar-refractivity contribution in [2.24, 2.45) is 0 Å². The van der Waals surface area contributed by atoms with Gasteiger partial charge < -0.3 is 4.74 Å². The van der Waals surface area contributed by atoms with Crippen molar-refractivity contribution in [3.05, 3.63) is 23.3 Å². The topological polar surface area (TPSA) is 9.23 Å². The van der Waals surface area contributed by atoms with Crippen LogP contribution in [0.1, 0.15) is 0 Å². The molecule has 0 radical (unpaired) electrons. The summed E-state index contributed by atoms with van der Waals surface area (Å²) in [6.45, 7) is 0. The minimum Gasteiger partial charge on any atom is -0.495 e. The van der Waals surface area contributed by atoms with Crippen LogP contribution in [0, 0.1) is 5.82 Å². The minimum absolute atomic E-state index is 0.173. The molecule has 2 aromatic rings. The van der Waals surface area contributed by atoms with E-state index in [1.54, 1.807) is 13.2 Å². The van der Waals surface area contributed by atoms with Crippen LogP contribution in [-0.4, -0.2) is 13.4 Å². The van der Waals surface area contributed by atoms with Gasteiger partial charge in [-0.15, -0.1) is 23.1 Å². The molecule has 0 amide bonds. The Bertz CT molecular complexity index is 464. The summed E-state index contributed by atoms with van der Waals surface area (Å²) in [5.41, 5.74) is 0. The van der Waals surface area contributed by atoms with Gasteiger partial charge in [0.1, 0.15) is 11.6 Å². The standard InChI is InChI=1S/C10H9FOS2/c1-12-7-5-8-6(3-4-14-8)9(11)10(7)13-2/h3-5H,1-2H3. The third-order valence-electron chi connectivity index (χ3n) is 2.04. The van der Waals surface area contributed by atoms with Crippen LogP contribution in [0.2, 0.25) is 0 Å². The zero-order chi connectivity index (χ0) is 10.1. The summed E-state index contributed by atoms with van der Waals surface area (Å²) in [6.07, 6.45) is 1.85. The maximum Gasteiger partial charge on any atom is 0.149 e. The summed E-state index contributed by atoms with van der Waals surface area (Å²) >= 11 is 2.89. The molecular formula is C10H9FOS2. The number of thiophene rings is 1. The highest BCUT2D eigenvalue weighted by Crippen LogP contribution is 2.37. The molecule has 1 nitrogen and oxygen atoms in total. The second kappa shape index (κ2) is 3.79. The van der Waals surface area contributed by atoms with Crippen LogP contribution in [-0.2, 0) is 0 Å². The van der Waals surface area contributed by atoms with E-state index in [1.807, 2.05) is 17.7 Å². The normalized spacial score (nSPS) is 10.8. The van der Waals surface area contributed by atoms with E-state index >= 15 is 0 Å². The molecule has 2 rings (SSSR count). The van der Waals surface area contributed by atoms with E-state index in [0.717, 1.165) is 4.70 Å². The van der Waals surface area contributed by atoms with Gasteiger partial charge in [0, 0.05) is 10.1 Å². The first-order valence-corrected chi connectivity index (χ1v) is 6.16. The van der Waals surface area contributed by atoms with Gasteiger partial charge in [-0.2, -0.15) is 0 Å². The van der Waals surface area contributed by atoms with Gasteiger partial charge in [0.15, 0.2) is 0 Å². The predicted octanol–water partition coefficient (Wildman–Crippen LogP) is 3.77. The molecule has 0 bridgehead atoms. The zero-order valence-electron chi connectivity index (χ0n) is 7.83. The molecular weight excluding hydrogens is 219 g/mol. The number of hydrogen-bond donors (Lipinski definition) is 0. The number of rotatable bonds is 2. The van der Waals surface area contributed by atoms with Crippen molar-refractivity contribution in [1.29, 1.82) is 0 Å². The molecule has 14 heavy (non-hydrogen) atoms. The van der Waals surface area contributed by atoms with E-state index in [9.17, 15) is 4.39 Å². The second-order valence-electron chi connectivity index (χ2n) is 2.76. The number of halogens is 1. The summed E-state index contributed by atoms with van der Waals surface area (Å²) in [6, 6.07) is 3.68. The van der Waals surface area contributed by atoms with Crippen molar-refractivity contribution in [3.63, 3.8) is 0 Å². The minimum atomic E-state index is -0.173. The fourth-order valence-corrected chi connectivity index (χ4v) is 2.81. The van der Waals surface area contributed by atoms with Crippen molar-refractivity contribution in [3.8, 4) is 5.75 Å². The molecule has 0 aliphatic heterocycles. The number of benzene rings is 1. The van der Waals surface area contributed by atoms with Crippen LogP contribution >= 0.6 is 23.1 Å². The molecule has 0 N–H and O–H groups in total. The quantitative estimate of drug-likeness (QED) is 0.724. The molecule has 0 spiro atoms. The van der Waals surface area contributed by atoms with Crippen molar-refractivity contribution >= 4 is 33.2 Å². The van der Waals surface area contributed by atoms with E-state index in [0.29, 0.717) is 16.0 Å². The van der Waals surface area contributed by atoms with E-state index in [4.69, 9.17) is 4.74 Å². The lowest BCUT2D eigenvalue weighted by molar-refractivity contribution is 0.399. The molecule has 0 aliphatic carbocycles. The Morgan fingerprint density at radius 1 is 1.50 bits per heavy atom. The first kappa shape index (κ1) is 9.80. The van der Waals surface area contributed by atoms with E-state index < -0.39 is 0 Å².